The van der Waals surface area contributed by atoms with E-state index in [1.54, 1.807) is 0 Å². The van der Waals surface area contributed by atoms with Crippen molar-refractivity contribution < 1.29 is 4.79 Å². The minimum Gasteiger partial charge on any atom is -0.369 e. The van der Waals surface area contributed by atoms with Crippen molar-refractivity contribution in [3.8, 4) is 0 Å². The van der Waals surface area contributed by atoms with Gasteiger partial charge >= 0.3 is 0 Å². The molecule has 1 aliphatic carbocycles. The summed E-state index contributed by atoms with van der Waals surface area (Å²) in [6.07, 6.45) is 6.08. The van der Waals surface area contributed by atoms with Gasteiger partial charge in [0.15, 0.2) is 0 Å². The maximum absolute atomic E-state index is 11.0. The van der Waals surface area contributed by atoms with Crippen LogP contribution in [0.4, 0.5) is 11.5 Å². The van der Waals surface area contributed by atoms with E-state index >= 15 is 0 Å². The van der Waals surface area contributed by atoms with E-state index in [2.05, 4.69) is 12.2 Å². The number of primary amides is 1. The number of rotatable bonds is 6. The molecule has 126 valence electrons. The smallest absolute Gasteiger partial charge is 0.221 e. The molecule has 0 radical (unpaired) electrons. The number of carbonyl (C=O) groups excluding carboxylic acids is 1. The number of amides is 1. The van der Waals surface area contributed by atoms with Crippen LogP contribution in [0.15, 0.2) is 30.3 Å². The SMILES string of the molecule is CCc1cc(Nc2ccc(CC(N)=O)cc2)nc(C2CCCC2)n1. The Bertz CT molecular complexity index is 706. The molecule has 5 nitrogen and oxygen atoms in total. The van der Waals surface area contributed by atoms with E-state index in [1.807, 2.05) is 30.3 Å². The van der Waals surface area contributed by atoms with Crippen molar-refractivity contribution in [3.63, 3.8) is 0 Å². The predicted molar refractivity (Wildman–Crippen MR) is 95.2 cm³/mol. The lowest BCUT2D eigenvalue weighted by Crippen LogP contribution is -2.13. The number of aryl methyl sites for hydroxylation is 1. The Labute approximate surface area is 142 Å². The third-order valence-corrected chi connectivity index (χ3v) is 4.48. The number of carbonyl (C=O) groups is 1. The quantitative estimate of drug-likeness (QED) is 0.852. The first-order chi connectivity index (χ1) is 11.6. The van der Waals surface area contributed by atoms with Crippen molar-refractivity contribution in [2.75, 3.05) is 5.32 Å². The van der Waals surface area contributed by atoms with Crippen LogP contribution in [0.3, 0.4) is 0 Å². The topological polar surface area (TPSA) is 80.9 Å². The fourth-order valence-electron chi connectivity index (χ4n) is 3.18. The maximum atomic E-state index is 11.0. The van der Waals surface area contributed by atoms with Crippen LogP contribution in [0.25, 0.3) is 0 Å². The first-order valence-electron chi connectivity index (χ1n) is 8.66. The molecule has 0 saturated heterocycles. The van der Waals surface area contributed by atoms with E-state index in [-0.39, 0.29) is 12.3 Å². The van der Waals surface area contributed by atoms with E-state index in [9.17, 15) is 4.79 Å². The molecule has 0 bridgehead atoms. The molecular formula is C19H24N4O. The molecule has 1 saturated carbocycles. The summed E-state index contributed by atoms with van der Waals surface area (Å²) in [6, 6.07) is 9.72. The van der Waals surface area contributed by atoms with Crippen molar-refractivity contribution >= 4 is 17.4 Å². The molecule has 0 aliphatic heterocycles. The highest BCUT2D eigenvalue weighted by Gasteiger charge is 2.20. The molecular weight excluding hydrogens is 300 g/mol. The Morgan fingerprint density at radius 2 is 1.92 bits per heavy atom. The second kappa shape index (κ2) is 7.43. The van der Waals surface area contributed by atoms with Gasteiger partial charge < -0.3 is 11.1 Å². The van der Waals surface area contributed by atoms with E-state index < -0.39 is 0 Å². The van der Waals surface area contributed by atoms with Gasteiger partial charge in [0.1, 0.15) is 11.6 Å². The molecule has 3 rings (SSSR count). The molecule has 1 aromatic heterocycles. The fraction of sp³-hybridized carbons (Fsp3) is 0.421. The molecule has 1 fully saturated rings. The van der Waals surface area contributed by atoms with E-state index in [0.29, 0.717) is 5.92 Å². The Balaban J connectivity index is 1.78. The van der Waals surface area contributed by atoms with Crippen molar-refractivity contribution in [2.24, 2.45) is 5.73 Å². The summed E-state index contributed by atoms with van der Waals surface area (Å²) in [7, 11) is 0. The van der Waals surface area contributed by atoms with Crippen molar-refractivity contribution in [3.05, 3.63) is 47.4 Å². The van der Waals surface area contributed by atoms with Crippen molar-refractivity contribution in [1.82, 2.24) is 9.97 Å². The molecule has 2 aromatic rings. The zero-order chi connectivity index (χ0) is 16.9. The highest BCUT2D eigenvalue weighted by molar-refractivity contribution is 5.76. The van der Waals surface area contributed by atoms with Crippen LogP contribution in [-0.2, 0) is 17.6 Å². The van der Waals surface area contributed by atoms with Crippen molar-refractivity contribution in [1.29, 1.82) is 0 Å². The molecule has 0 atom stereocenters. The second-order valence-electron chi connectivity index (χ2n) is 6.40. The highest BCUT2D eigenvalue weighted by Crippen LogP contribution is 2.33. The van der Waals surface area contributed by atoms with Gasteiger partial charge in [-0.15, -0.1) is 0 Å². The van der Waals surface area contributed by atoms with Gasteiger partial charge in [0, 0.05) is 23.4 Å². The lowest BCUT2D eigenvalue weighted by atomic mass is 10.1. The van der Waals surface area contributed by atoms with Gasteiger partial charge in [-0.05, 0) is 37.0 Å². The summed E-state index contributed by atoms with van der Waals surface area (Å²) in [5.41, 5.74) is 8.15. The Morgan fingerprint density at radius 1 is 1.21 bits per heavy atom. The summed E-state index contributed by atoms with van der Waals surface area (Å²) in [6.45, 7) is 2.11. The molecule has 5 heteroatoms. The summed E-state index contributed by atoms with van der Waals surface area (Å²) < 4.78 is 0. The Kier molecular flexibility index (Phi) is 5.08. The minimum atomic E-state index is -0.319. The van der Waals surface area contributed by atoms with Crippen LogP contribution >= 0.6 is 0 Å². The monoisotopic (exact) mass is 324 g/mol. The van der Waals surface area contributed by atoms with Gasteiger partial charge in [0.2, 0.25) is 5.91 Å². The summed E-state index contributed by atoms with van der Waals surface area (Å²) in [4.78, 5) is 20.4. The molecule has 0 spiro atoms. The molecule has 3 N–H and O–H groups in total. The van der Waals surface area contributed by atoms with E-state index in [4.69, 9.17) is 15.7 Å². The normalized spacial score (nSPS) is 14.7. The number of aromatic nitrogens is 2. The second-order valence-corrected chi connectivity index (χ2v) is 6.40. The van der Waals surface area contributed by atoms with Crippen LogP contribution in [-0.4, -0.2) is 15.9 Å². The van der Waals surface area contributed by atoms with Crippen LogP contribution in [0.5, 0.6) is 0 Å². The third-order valence-electron chi connectivity index (χ3n) is 4.48. The standard InChI is InChI=1S/C19H24N4O/c1-2-15-12-18(23-19(22-15)14-5-3-4-6-14)21-16-9-7-13(8-10-16)11-17(20)24/h7-10,12,14H,2-6,11H2,1H3,(H2,20,24)(H,21,22,23). The Morgan fingerprint density at radius 3 is 2.54 bits per heavy atom. The summed E-state index contributed by atoms with van der Waals surface area (Å²) in [5.74, 6) is 1.99. The lowest BCUT2D eigenvalue weighted by Gasteiger charge is -2.13. The minimum absolute atomic E-state index is 0.263. The zero-order valence-electron chi connectivity index (χ0n) is 14.1. The lowest BCUT2D eigenvalue weighted by molar-refractivity contribution is -0.117. The van der Waals surface area contributed by atoms with Gasteiger partial charge in [-0.25, -0.2) is 9.97 Å². The molecule has 24 heavy (non-hydrogen) atoms. The Hall–Kier alpha value is -2.43. The molecule has 1 aromatic carbocycles. The maximum Gasteiger partial charge on any atom is 0.221 e. The third kappa shape index (κ3) is 4.10. The number of benzene rings is 1. The highest BCUT2D eigenvalue weighted by atomic mass is 16.1. The van der Waals surface area contributed by atoms with Crippen LogP contribution in [0, 0.1) is 0 Å². The van der Waals surface area contributed by atoms with Gasteiger partial charge in [0.05, 0.1) is 6.42 Å². The zero-order valence-corrected chi connectivity index (χ0v) is 14.1. The number of nitrogens with two attached hydrogens (primary N) is 1. The largest absolute Gasteiger partial charge is 0.369 e. The van der Waals surface area contributed by atoms with Crippen LogP contribution < -0.4 is 11.1 Å². The molecule has 1 heterocycles. The average Bonchev–Trinajstić information content (AvgIpc) is 3.10. The van der Waals surface area contributed by atoms with Gasteiger partial charge in [-0.2, -0.15) is 0 Å². The average molecular weight is 324 g/mol. The first kappa shape index (κ1) is 16.4. The van der Waals surface area contributed by atoms with E-state index in [1.165, 1.54) is 25.7 Å². The fourth-order valence-corrected chi connectivity index (χ4v) is 3.18. The number of nitrogens with one attached hydrogen (secondary N) is 1. The van der Waals surface area contributed by atoms with Gasteiger partial charge in [-0.3, -0.25) is 4.79 Å². The molecule has 1 amide bonds. The molecule has 0 unspecified atom stereocenters. The number of hydrogen-bond acceptors (Lipinski definition) is 4. The number of hydrogen-bond donors (Lipinski definition) is 2. The number of nitrogens with zero attached hydrogens (tertiary/aromatic N) is 2. The van der Waals surface area contributed by atoms with Crippen molar-refractivity contribution in [2.45, 2.75) is 51.4 Å². The van der Waals surface area contributed by atoms with Crippen LogP contribution in [0.1, 0.15) is 55.6 Å². The molecule has 1 aliphatic rings. The first-order valence-corrected chi connectivity index (χ1v) is 8.66. The van der Waals surface area contributed by atoms with Gasteiger partial charge in [-0.1, -0.05) is 31.9 Å². The summed E-state index contributed by atoms with van der Waals surface area (Å²) >= 11 is 0. The van der Waals surface area contributed by atoms with Crippen LogP contribution in [0.2, 0.25) is 0 Å². The number of anilines is 2. The predicted octanol–water partition coefficient (Wildman–Crippen LogP) is 3.47. The van der Waals surface area contributed by atoms with Gasteiger partial charge in [0.25, 0.3) is 0 Å². The van der Waals surface area contributed by atoms with E-state index in [0.717, 1.165) is 35.0 Å². The summed E-state index contributed by atoms with van der Waals surface area (Å²) in [5, 5.41) is 3.36.